The molecule has 0 aromatic carbocycles. The lowest BCUT2D eigenvalue weighted by molar-refractivity contribution is -0.117. The molecule has 1 nitrogen and oxygen atoms in total. The zero-order valence-electron chi connectivity index (χ0n) is 7.47. The van der Waals surface area contributed by atoms with E-state index in [0.717, 1.165) is 18.4 Å². The van der Waals surface area contributed by atoms with Crippen LogP contribution in [0.1, 0.15) is 32.6 Å². The highest BCUT2D eigenvalue weighted by Gasteiger charge is 2.23. The fraction of sp³-hybridized carbons (Fsp3) is 0.545. The Morgan fingerprint density at radius 1 is 1.33 bits per heavy atom. The Bertz CT molecular complexity index is 271. The van der Waals surface area contributed by atoms with Crippen molar-refractivity contribution in [2.24, 2.45) is 5.92 Å². The fourth-order valence-electron chi connectivity index (χ4n) is 2.02. The zero-order valence-corrected chi connectivity index (χ0v) is 7.47. The molecule has 0 radical (unpaired) electrons. The molecule has 0 aromatic heterocycles. The normalized spacial score (nSPS) is 29.1. The number of Topliss-reactive ketones (excluding diaryl/α,β-unsaturated/α-hetero) is 1. The molecule has 1 heteroatoms. The van der Waals surface area contributed by atoms with Gasteiger partial charge in [0.1, 0.15) is 0 Å². The van der Waals surface area contributed by atoms with Crippen LogP contribution in [0.25, 0.3) is 0 Å². The molecule has 0 heterocycles. The predicted octanol–water partition coefficient (Wildman–Crippen LogP) is 2.63. The summed E-state index contributed by atoms with van der Waals surface area (Å²) in [7, 11) is 0. The summed E-state index contributed by atoms with van der Waals surface area (Å²) in [6.07, 6.45) is 8.77. The lowest BCUT2D eigenvalue weighted by Crippen LogP contribution is -2.18. The second-order valence-electron chi connectivity index (χ2n) is 3.72. The summed E-state index contributed by atoms with van der Waals surface area (Å²) in [5.41, 5.74) is 2.43. The number of carbonyl (C=O) groups is 1. The Kier molecular flexibility index (Phi) is 1.87. The molecule has 12 heavy (non-hydrogen) atoms. The van der Waals surface area contributed by atoms with E-state index < -0.39 is 0 Å². The van der Waals surface area contributed by atoms with Crippen LogP contribution < -0.4 is 0 Å². The summed E-state index contributed by atoms with van der Waals surface area (Å²) >= 11 is 0. The number of hydrogen-bond acceptors (Lipinski definition) is 1. The van der Waals surface area contributed by atoms with E-state index in [1.54, 1.807) is 0 Å². The molecule has 1 unspecified atom stereocenters. The minimum absolute atomic E-state index is 0.127. The average molecular weight is 162 g/mol. The highest BCUT2D eigenvalue weighted by atomic mass is 16.1. The van der Waals surface area contributed by atoms with Crippen LogP contribution in [0.3, 0.4) is 0 Å². The maximum absolute atomic E-state index is 11.7. The van der Waals surface area contributed by atoms with Crippen molar-refractivity contribution in [2.75, 3.05) is 0 Å². The second-order valence-corrected chi connectivity index (χ2v) is 3.72. The number of carbonyl (C=O) groups excluding carboxylic acids is 1. The monoisotopic (exact) mass is 162 g/mol. The van der Waals surface area contributed by atoms with Crippen LogP contribution in [0.4, 0.5) is 0 Å². The molecule has 0 spiro atoms. The summed E-state index contributed by atoms with van der Waals surface area (Å²) in [6, 6.07) is 0. The van der Waals surface area contributed by atoms with Gasteiger partial charge in [-0.25, -0.2) is 0 Å². The first kappa shape index (κ1) is 7.78. The van der Waals surface area contributed by atoms with E-state index in [9.17, 15) is 4.79 Å². The van der Waals surface area contributed by atoms with Gasteiger partial charge in [-0.3, -0.25) is 4.79 Å². The van der Waals surface area contributed by atoms with Crippen LogP contribution in [0.15, 0.2) is 23.3 Å². The molecule has 0 bridgehead atoms. The second kappa shape index (κ2) is 2.89. The van der Waals surface area contributed by atoms with Gasteiger partial charge in [-0.15, -0.1) is 0 Å². The molecular weight excluding hydrogens is 148 g/mol. The third-order valence-electron chi connectivity index (χ3n) is 2.81. The van der Waals surface area contributed by atoms with E-state index >= 15 is 0 Å². The van der Waals surface area contributed by atoms with Crippen LogP contribution in [-0.4, -0.2) is 5.78 Å². The summed E-state index contributed by atoms with van der Waals surface area (Å²) < 4.78 is 0. The molecule has 0 N–H and O–H groups in total. The van der Waals surface area contributed by atoms with Crippen molar-refractivity contribution in [2.45, 2.75) is 32.6 Å². The first-order valence-corrected chi connectivity index (χ1v) is 4.73. The van der Waals surface area contributed by atoms with Crippen molar-refractivity contribution in [1.82, 2.24) is 0 Å². The summed E-state index contributed by atoms with van der Waals surface area (Å²) in [5.74, 6) is 0.494. The third kappa shape index (κ3) is 1.13. The quantitative estimate of drug-likeness (QED) is 0.535. The highest BCUT2D eigenvalue weighted by Crippen LogP contribution is 2.31. The van der Waals surface area contributed by atoms with Gasteiger partial charge in [-0.05, 0) is 36.8 Å². The first-order valence-electron chi connectivity index (χ1n) is 4.73. The molecule has 0 saturated heterocycles. The van der Waals surface area contributed by atoms with E-state index in [0.29, 0.717) is 5.78 Å². The van der Waals surface area contributed by atoms with Gasteiger partial charge in [0, 0.05) is 5.92 Å². The molecule has 0 saturated carbocycles. The summed E-state index contributed by atoms with van der Waals surface area (Å²) in [6.45, 7) is 1.98. The number of rotatable bonds is 0. The average Bonchev–Trinajstić information content (AvgIpc) is 2.12. The van der Waals surface area contributed by atoms with Gasteiger partial charge >= 0.3 is 0 Å². The van der Waals surface area contributed by atoms with Crippen LogP contribution in [0, 0.1) is 5.92 Å². The summed E-state index contributed by atoms with van der Waals surface area (Å²) in [5, 5.41) is 0. The molecule has 2 rings (SSSR count). The van der Waals surface area contributed by atoms with Crippen molar-refractivity contribution < 1.29 is 4.79 Å². The van der Waals surface area contributed by atoms with Gasteiger partial charge in [0.2, 0.25) is 0 Å². The standard InChI is InChI=1S/C11H14O/c1-8-6-7-9-4-2-3-5-10(9)11(8)12/h6-8H,2-5H2,1H3. The molecule has 0 fully saturated rings. The van der Waals surface area contributed by atoms with E-state index in [1.807, 2.05) is 13.0 Å². The lowest BCUT2D eigenvalue weighted by atomic mass is 9.81. The summed E-state index contributed by atoms with van der Waals surface area (Å²) in [4.78, 5) is 11.7. The highest BCUT2D eigenvalue weighted by molar-refractivity contribution is 6.00. The van der Waals surface area contributed by atoms with Gasteiger partial charge in [0.15, 0.2) is 5.78 Å². The lowest BCUT2D eigenvalue weighted by Gasteiger charge is -2.22. The van der Waals surface area contributed by atoms with E-state index in [-0.39, 0.29) is 5.92 Å². The molecule has 0 aliphatic heterocycles. The number of ketones is 1. The fourth-order valence-corrected chi connectivity index (χ4v) is 2.02. The van der Waals surface area contributed by atoms with Crippen LogP contribution in [0.2, 0.25) is 0 Å². The zero-order chi connectivity index (χ0) is 8.55. The SMILES string of the molecule is CC1C=CC2=C(CCCC2)C1=O. The van der Waals surface area contributed by atoms with Crippen molar-refractivity contribution >= 4 is 5.78 Å². The van der Waals surface area contributed by atoms with E-state index in [1.165, 1.54) is 18.4 Å². The van der Waals surface area contributed by atoms with Crippen LogP contribution in [-0.2, 0) is 4.79 Å². The Hall–Kier alpha value is -0.850. The topological polar surface area (TPSA) is 17.1 Å². The molecule has 64 valence electrons. The molecular formula is C11H14O. The van der Waals surface area contributed by atoms with Crippen molar-refractivity contribution in [1.29, 1.82) is 0 Å². The van der Waals surface area contributed by atoms with Crippen molar-refractivity contribution in [3.8, 4) is 0 Å². The van der Waals surface area contributed by atoms with Gasteiger partial charge in [-0.1, -0.05) is 19.1 Å². The van der Waals surface area contributed by atoms with Gasteiger partial charge in [0.05, 0.1) is 0 Å². The molecule has 1 atom stereocenters. The molecule has 0 aromatic rings. The van der Waals surface area contributed by atoms with Gasteiger partial charge in [0.25, 0.3) is 0 Å². The van der Waals surface area contributed by atoms with Crippen LogP contribution in [0.5, 0.6) is 0 Å². The maximum Gasteiger partial charge on any atom is 0.165 e. The van der Waals surface area contributed by atoms with Gasteiger partial charge < -0.3 is 0 Å². The minimum Gasteiger partial charge on any atom is -0.294 e. The van der Waals surface area contributed by atoms with Crippen molar-refractivity contribution in [3.05, 3.63) is 23.3 Å². The van der Waals surface area contributed by atoms with Gasteiger partial charge in [-0.2, -0.15) is 0 Å². The molecule has 2 aliphatic rings. The number of hydrogen-bond donors (Lipinski definition) is 0. The Labute approximate surface area is 73.2 Å². The predicted molar refractivity (Wildman–Crippen MR) is 48.8 cm³/mol. The molecule has 0 amide bonds. The first-order chi connectivity index (χ1) is 5.79. The minimum atomic E-state index is 0.127. The van der Waals surface area contributed by atoms with E-state index in [2.05, 4.69) is 6.08 Å². The number of allylic oxidation sites excluding steroid dienone is 4. The van der Waals surface area contributed by atoms with Crippen LogP contribution >= 0.6 is 0 Å². The Morgan fingerprint density at radius 2 is 2.08 bits per heavy atom. The third-order valence-corrected chi connectivity index (χ3v) is 2.81. The van der Waals surface area contributed by atoms with Crippen molar-refractivity contribution in [3.63, 3.8) is 0 Å². The Morgan fingerprint density at radius 3 is 2.92 bits per heavy atom. The largest absolute Gasteiger partial charge is 0.294 e. The van der Waals surface area contributed by atoms with E-state index in [4.69, 9.17) is 0 Å². The maximum atomic E-state index is 11.7. The smallest absolute Gasteiger partial charge is 0.165 e. The Balaban J connectivity index is 2.35. The molecule has 2 aliphatic carbocycles.